The topological polar surface area (TPSA) is 330 Å². The van der Waals surface area contributed by atoms with Crippen LogP contribution in [0.3, 0.4) is 0 Å². The lowest BCUT2D eigenvalue weighted by molar-refractivity contribution is -0.135. The van der Waals surface area contributed by atoms with Crippen molar-refractivity contribution in [2.45, 2.75) is 79.2 Å². The Morgan fingerprint density at radius 2 is 1.23 bits per heavy atom. The van der Waals surface area contributed by atoms with Gasteiger partial charge < -0.3 is 49.9 Å². The van der Waals surface area contributed by atoms with Gasteiger partial charge in [0.2, 0.25) is 41.4 Å². The molecule has 3 aromatic carbocycles. The maximum atomic E-state index is 14.2. The van der Waals surface area contributed by atoms with E-state index in [0.717, 1.165) is 17.7 Å². The van der Waals surface area contributed by atoms with Crippen LogP contribution in [0.1, 0.15) is 85.3 Å². The van der Waals surface area contributed by atoms with Crippen LogP contribution in [0.25, 0.3) is 22.1 Å². The number of hydrogen-bond donors (Lipinski definition) is 5. The van der Waals surface area contributed by atoms with Crippen LogP contribution < -0.4 is 41.6 Å². The molecule has 0 aliphatic carbocycles. The van der Waals surface area contributed by atoms with E-state index in [9.17, 15) is 38.4 Å². The van der Waals surface area contributed by atoms with Crippen LogP contribution in [0.2, 0.25) is 0 Å². The largest absolute Gasteiger partial charge is 0.497 e. The summed E-state index contributed by atoms with van der Waals surface area (Å²) in [5.41, 5.74) is 15.7. The fourth-order valence-corrected chi connectivity index (χ4v) is 9.14. The molecule has 4 heterocycles. The first kappa shape index (κ1) is 60.5. The number of likely N-dealkylation sites (N-methyl/N-ethyl adjacent to an activating group) is 2. The van der Waals surface area contributed by atoms with Crippen molar-refractivity contribution < 1.29 is 52.6 Å². The Labute approximate surface area is 477 Å². The van der Waals surface area contributed by atoms with Crippen LogP contribution in [-0.2, 0) is 51.8 Å². The molecule has 7 rings (SSSR count). The van der Waals surface area contributed by atoms with Crippen LogP contribution in [0.4, 0.5) is 11.9 Å². The van der Waals surface area contributed by atoms with E-state index in [4.69, 9.17) is 35.6 Å². The summed E-state index contributed by atoms with van der Waals surface area (Å²) in [6.07, 6.45) is 6.48. The Morgan fingerprint density at radius 3 is 1.72 bits per heavy atom. The van der Waals surface area contributed by atoms with Crippen LogP contribution in [0.5, 0.6) is 17.2 Å². The van der Waals surface area contributed by atoms with Gasteiger partial charge in [-0.25, -0.2) is 9.97 Å². The van der Waals surface area contributed by atoms with Gasteiger partial charge in [-0.3, -0.25) is 58.4 Å². The maximum absolute atomic E-state index is 14.2. The normalized spacial score (nSPS) is 11.7. The summed E-state index contributed by atoms with van der Waals surface area (Å²) in [4.78, 5) is 116. The molecule has 1 atom stereocenters. The second kappa shape index (κ2) is 27.3. The van der Waals surface area contributed by atoms with E-state index >= 15 is 0 Å². The number of carbonyl (C=O) groups excluding carboxylic acids is 8. The van der Waals surface area contributed by atoms with Gasteiger partial charge >= 0.3 is 0 Å². The molecule has 26 heteroatoms. The highest BCUT2D eigenvalue weighted by Gasteiger charge is 2.27. The van der Waals surface area contributed by atoms with Gasteiger partial charge in [0.25, 0.3) is 11.8 Å². The molecule has 83 heavy (non-hydrogen) atoms. The molecule has 0 aliphatic rings. The zero-order chi connectivity index (χ0) is 60.1. The van der Waals surface area contributed by atoms with Crippen LogP contribution in [-0.4, -0.2) is 150 Å². The monoisotopic (exact) mass is 1140 g/mol. The maximum Gasteiger partial charge on any atom is 0.276 e. The highest BCUT2D eigenvalue weighted by molar-refractivity contribution is 6.05. The summed E-state index contributed by atoms with van der Waals surface area (Å²) in [5, 5.41) is 17.5. The number of carbonyl (C=O) groups is 8. The number of rotatable bonds is 28. The van der Waals surface area contributed by atoms with E-state index in [0.29, 0.717) is 58.8 Å². The molecule has 26 nitrogen and oxygen atoms in total. The smallest absolute Gasteiger partial charge is 0.276 e. The third-order valence-corrected chi connectivity index (χ3v) is 13.3. The lowest BCUT2D eigenvalue weighted by atomic mass is 10.0. The van der Waals surface area contributed by atoms with Gasteiger partial charge in [-0.2, -0.15) is 10.2 Å². The number of nitrogens with two attached hydrogens (primary N) is 2. The second-order valence-electron chi connectivity index (χ2n) is 19.2. The number of aromatic nitrogens is 8. The third-order valence-electron chi connectivity index (χ3n) is 13.3. The summed E-state index contributed by atoms with van der Waals surface area (Å²) in [6, 6.07) is 15.3. The molecule has 7 aromatic rings. The summed E-state index contributed by atoms with van der Waals surface area (Å²) >= 11 is 0. The number of fused-ring (bicyclic) bond motifs is 2. The SMILES string of the molecule is CCn1nc(C)cc1C(=O)Nc1nc2cc(C(N)=O)cc(OC)c2n1C/C=C/Cn1c(NC(=O)c2cc(C)nn2CC)nc2cc(C(N)=O)cc(OCCCN(C)C(=O)C(Cc3ccc(OC)cc3)NC(=O)CCN(C)C(=O)/C=C\C=O)c21. The number of amides is 7. The number of aldehydes is 1. The molecule has 0 fully saturated rings. The average molecular weight is 1140 g/mol. The molecule has 0 spiro atoms. The molecule has 4 aromatic heterocycles. The summed E-state index contributed by atoms with van der Waals surface area (Å²) in [7, 11) is 6.05. The predicted molar refractivity (Wildman–Crippen MR) is 307 cm³/mol. The molecule has 0 saturated carbocycles. The van der Waals surface area contributed by atoms with Crippen molar-refractivity contribution in [2.24, 2.45) is 11.5 Å². The molecule has 1 unspecified atom stereocenters. The molecule has 0 aliphatic heterocycles. The third kappa shape index (κ3) is 14.6. The molecular formula is C57H67N15O11. The van der Waals surface area contributed by atoms with Gasteiger partial charge in [0.05, 0.1) is 43.2 Å². The van der Waals surface area contributed by atoms with Crippen LogP contribution in [0.15, 0.2) is 85.0 Å². The van der Waals surface area contributed by atoms with E-state index in [1.54, 1.807) is 87.9 Å². The fraction of sp³-hybridized carbons (Fsp3) is 0.333. The summed E-state index contributed by atoms with van der Waals surface area (Å²) in [6.45, 7) is 8.40. The Kier molecular flexibility index (Phi) is 19.9. The number of benzene rings is 3. The van der Waals surface area contributed by atoms with Crippen LogP contribution in [0, 0.1) is 13.8 Å². The molecule has 436 valence electrons. The second-order valence-corrected chi connectivity index (χ2v) is 19.2. The van der Waals surface area contributed by atoms with Crippen molar-refractivity contribution in [1.82, 2.24) is 53.8 Å². The van der Waals surface area contributed by atoms with Crippen molar-refractivity contribution >= 4 is 81.6 Å². The summed E-state index contributed by atoms with van der Waals surface area (Å²) < 4.78 is 24.0. The number of imidazole rings is 2. The lowest BCUT2D eigenvalue weighted by Crippen LogP contribution is -2.49. The first-order valence-corrected chi connectivity index (χ1v) is 26.5. The van der Waals surface area contributed by atoms with Crippen molar-refractivity contribution in [1.29, 1.82) is 0 Å². The number of allylic oxidation sites excluding steroid dienone is 3. The van der Waals surface area contributed by atoms with E-state index in [-0.39, 0.29) is 97.8 Å². The Balaban J connectivity index is 1.17. The van der Waals surface area contributed by atoms with Gasteiger partial charge in [0.1, 0.15) is 52.0 Å². The number of primary amides is 2. The van der Waals surface area contributed by atoms with Gasteiger partial charge in [0, 0.05) is 83.4 Å². The molecule has 7 amide bonds. The van der Waals surface area contributed by atoms with Crippen LogP contribution >= 0.6 is 0 Å². The molecule has 0 radical (unpaired) electrons. The van der Waals surface area contributed by atoms with Crippen molar-refractivity contribution in [2.75, 3.05) is 58.6 Å². The minimum Gasteiger partial charge on any atom is -0.497 e. The van der Waals surface area contributed by atoms with E-state index in [1.165, 1.54) is 55.3 Å². The van der Waals surface area contributed by atoms with Crippen molar-refractivity contribution in [3.05, 3.63) is 124 Å². The zero-order valence-electron chi connectivity index (χ0n) is 47.4. The van der Waals surface area contributed by atoms with E-state index in [1.807, 2.05) is 13.8 Å². The highest BCUT2D eigenvalue weighted by Crippen LogP contribution is 2.33. The molecular weight excluding hydrogens is 1070 g/mol. The number of methoxy groups -OCH3 is 2. The Hall–Kier alpha value is -10.1. The minimum absolute atomic E-state index is 0.00113. The lowest BCUT2D eigenvalue weighted by Gasteiger charge is -2.25. The van der Waals surface area contributed by atoms with E-state index in [2.05, 4.69) is 26.1 Å². The van der Waals surface area contributed by atoms with Gasteiger partial charge in [-0.15, -0.1) is 0 Å². The zero-order valence-corrected chi connectivity index (χ0v) is 47.4. The summed E-state index contributed by atoms with van der Waals surface area (Å²) in [5.74, 6) is -2.57. The number of nitrogens with one attached hydrogen (secondary N) is 3. The first-order valence-electron chi connectivity index (χ1n) is 26.5. The van der Waals surface area contributed by atoms with Crippen molar-refractivity contribution in [3.8, 4) is 17.2 Å². The predicted octanol–water partition coefficient (Wildman–Crippen LogP) is 3.97. The van der Waals surface area contributed by atoms with E-state index < -0.39 is 47.4 Å². The number of anilines is 2. The molecule has 0 bridgehead atoms. The Bertz CT molecular complexity index is 3650. The highest BCUT2D eigenvalue weighted by atomic mass is 16.5. The molecule has 0 saturated heterocycles. The number of ether oxygens (including phenoxy) is 3. The minimum atomic E-state index is -1.00. The number of nitrogens with zero attached hydrogens (tertiary/aromatic N) is 10. The quantitative estimate of drug-likeness (QED) is 0.0201. The fourth-order valence-electron chi connectivity index (χ4n) is 9.14. The Morgan fingerprint density at radius 1 is 0.699 bits per heavy atom. The van der Waals surface area contributed by atoms with Gasteiger partial charge in [-0.05, 0) is 94.3 Å². The van der Waals surface area contributed by atoms with Crippen molar-refractivity contribution in [3.63, 3.8) is 0 Å². The first-order chi connectivity index (χ1) is 39.8. The molecule has 7 N–H and O–H groups in total. The van der Waals surface area contributed by atoms with Gasteiger partial charge in [0.15, 0.2) is 0 Å². The standard InChI is InChI=1S/C57H67N15O11/c1-9-71-43(27-34(3)65-71)53(78)63-56-61-40-30-37(51(58)76)32-45(82-8)49(40)69(56)22-11-12-23-70-50-41(62-57(70)64-54(79)44-28-35(4)66-72(44)10-2)31-38(52(59)77)33-46(50)83-26-14-21-68(6)55(80)42(29-36-16-18-39(81-7)19-17-36)60-47(74)20-24-67(5)48(75)15-13-25-73/h11-13,15-19,25,27-28,30-33,42H,9-10,14,20-24,26,29H2,1-8H3,(H2,58,76)(H2,59,77)(H,60,74)(H,61,63,78)(H,62,64,79)/b12-11+,15-13-. The number of aryl methyl sites for hydroxylation is 4. The number of hydrogen-bond acceptors (Lipinski definition) is 15. The van der Waals surface area contributed by atoms with Gasteiger partial charge in [-0.1, -0.05) is 24.3 Å². The average Bonchev–Trinajstić information content (AvgIpc) is 3.00.